The summed E-state index contributed by atoms with van der Waals surface area (Å²) in [6.45, 7) is -1.89. The van der Waals surface area contributed by atoms with Crippen molar-refractivity contribution < 1.29 is 27.4 Å². The Kier molecular flexibility index (Phi) is 5.20. The predicted octanol–water partition coefficient (Wildman–Crippen LogP) is 1.17. The van der Waals surface area contributed by atoms with Gasteiger partial charge in [-0.1, -0.05) is 0 Å². The molecule has 0 spiro atoms. The van der Waals surface area contributed by atoms with Gasteiger partial charge in [0.2, 0.25) is 0 Å². The Balaban J connectivity index is 2.93. The minimum absolute atomic E-state index is 0.0915. The minimum atomic E-state index is -3.25. The number of carbonyl (C=O) groups is 1. The van der Waals surface area contributed by atoms with Crippen LogP contribution in [0, 0.1) is 5.82 Å². The standard InChI is InChI=1S/C12H15F3N2O3/c1-19-9-3-7(8(13)4-10(9)20-2)11(18)17-6-12(14,15)5-16/h3-4H,5-6,16H2,1-2H3,(H,17,18). The lowest BCUT2D eigenvalue weighted by molar-refractivity contribution is 0.0118. The molecule has 1 aromatic carbocycles. The fourth-order valence-corrected chi connectivity index (χ4v) is 1.41. The maximum absolute atomic E-state index is 13.7. The van der Waals surface area contributed by atoms with Crippen LogP contribution in [-0.4, -0.2) is 39.1 Å². The number of hydrogen-bond donors (Lipinski definition) is 2. The number of rotatable bonds is 6. The summed E-state index contributed by atoms with van der Waals surface area (Å²) < 4.78 is 49.3. The summed E-state index contributed by atoms with van der Waals surface area (Å²) in [5.41, 5.74) is 4.41. The summed E-state index contributed by atoms with van der Waals surface area (Å²) in [6.07, 6.45) is 0. The van der Waals surface area contributed by atoms with Gasteiger partial charge < -0.3 is 20.5 Å². The highest BCUT2D eigenvalue weighted by atomic mass is 19.3. The van der Waals surface area contributed by atoms with E-state index in [9.17, 15) is 18.0 Å². The van der Waals surface area contributed by atoms with Crippen molar-refractivity contribution in [3.05, 3.63) is 23.5 Å². The number of ether oxygens (including phenoxy) is 2. The fraction of sp³-hybridized carbons (Fsp3) is 0.417. The molecule has 0 radical (unpaired) electrons. The zero-order valence-electron chi connectivity index (χ0n) is 11.0. The molecule has 0 aliphatic carbocycles. The average Bonchev–Trinajstić information content (AvgIpc) is 2.44. The Morgan fingerprint density at radius 2 is 1.85 bits per heavy atom. The number of benzene rings is 1. The smallest absolute Gasteiger partial charge is 0.277 e. The van der Waals surface area contributed by atoms with E-state index in [1.807, 2.05) is 5.32 Å². The SMILES string of the molecule is COc1cc(F)c(C(=O)NCC(F)(F)CN)cc1OC. The van der Waals surface area contributed by atoms with Crippen LogP contribution in [0.1, 0.15) is 10.4 Å². The highest BCUT2D eigenvalue weighted by Crippen LogP contribution is 2.29. The van der Waals surface area contributed by atoms with Gasteiger partial charge >= 0.3 is 0 Å². The third-order valence-corrected chi connectivity index (χ3v) is 2.52. The molecule has 0 saturated carbocycles. The number of amides is 1. The van der Waals surface area contributed by atoms with Crippen molar-refractivity contribution in [1.82, 2.24) is 5.32 Å². The van der Waals surface area contributed by atoms with Crippen LogP contribution < -0.4 is 20.5 Å². The molecule has 0 aliphatic heterocycles. The lowest BCUT2D eigenvalue weighted by atomic mass is 10.1. The summed E-state index contributed by atoms with van der Waals surface area (Å²) in [7, 11) is 2.61. The molecule has 1 aromatic rings. The Hall–Kier alpha value is -1.96. The van der Waals surface area contributed by atoms with Crippen LogP contribution >= 0.6 is 0 Å². The van der Waals surface area contributed by atoms with Crippen LogP contribution in [0.2, 0.25) is 0 Å². The second-order valence-electron chi connectivity index (χ2n) is 3.93. The lowest BCUT2D eigenvalue weighted by Gasteiger charge is -2.15. The molecular formula is C12H15F3N2O3. The van der Waals surface area contributed by atoms with Gasteiger partial charge in [0.15, 0.2) is 11.5 Å². The van der Waals surface area contributed by atoms with E-state index in [-0.39, 0.29) is 11.5 Å². The molecule has 20 heavy (non-hydrogen) atoms. The molecule has 0 aliphatic rings. The third kappa shape index (κ3) is 3.77. The summed E-state index contributed by atoms with van der Waals surface area (Å²) >= 11 is 0. The second-order valence-corrected chi connectivity index (χ2v) is 3.93. The van der Waals surface area contributed by atoms with Gasteiger partial charge in [0.25, 0.3) is 11.8 Å². The van der Waals surface area contributed by atoms with E-state index in [0.29, 0.717) is 0 Å². The lowest BCUT2D eigenvalue weighted by Crippen LogP contribution is -2.41. The Labute approximate surface area is 113 Å². The monoisotopic (exact) mass is 292 g/mol. The molecule has 8 heteroatoms. The van der Waals surface area contributed by atoms with E-state index in [1.165, 1.54) is 14.2 Å². The first-order valence-electron chi connectivity index (χ1n) is 5.62. The third-order valence-electron chi connectivity index (χ3n) is 2.52. The van der Waals surface area contributed by atoms with Crippen molar-refractivity contribution in [2.24, 2.45) is 5.73 Å². The molecule has 1 rings (SSSR count). The quantitative estimate of drug-likeness (QED) is 0.825. The van der Waals surface area contributed by atoms with Crippen LogP contribution in [0.3, 0.4) is 0 Å². The van der Waals surface area contributed by atoms with Crippen molar-refractivity contribution in [3.63, 3.8) is 0 Å². The minimum Gasteiger partial charge on any atom is -0.493 e. The average molecular weight is 292 g/mol. The van der Waals surface area contributed by atoms with Crippen LogP contribution in [0.4, 0.5) is 13.2 Å². The number of nitrogens with two attached hydrogens (primary N) is 1. The maximum Gasteiger partial charge on any atom is 0.277 e. The highest BCUT2D eigenvalue weighted by molar-refractivity contribution is 5.95. The molecule has 0 fully saturated rings. The topological polar surface area (TPSA) is 73.6 Å². The first kappa shape index (κ1) is 16.1. The fourth-order valence-electron chi connectivity index (χ4n) is 1.41. The van der Waals surface area contributed by atoms with Gasteiger partial charge in [-0.3, -0.25) is 4.79 Å². The molecule has 5 nitrogen and oxygen atoms in total. The molecule has 0 heterocycles. The van der Waals surface area contributed by atoms with E-state index in [2.05, 4.69) is 0 Å². The Morgan fingerprint density at radius 1 is 1.30 bits per heavy atom. The summed E-state index contributed by atoms with van der Waals surface area (Å²) in [6, 6.07) is 2.01. The predicted molar refractivity (Wildman–Crippen MR) is 65.8 cm³/mol. The van der Waals surface area contributed by atoms with Crippen molar-refractivity contribution in [2.45, 2.75) is 5.92 Å². The number of methoxy groups -OCH3 is 2. The van der Waals surface area contributed by atoms with E-state index >= 15 is 0 Å². The largest absolute Gasteiger partial charge is 0.493 e. The normalized spacial score (nSPS) is 11.1. The van der Waals surface area contributed by atoms with Crippen molar-refractivity contribution >= 4 is 5.91 Å². The Morgan fingerprint density at radius 3 is 2.35 bits per heavy atom. The molecule has 0 aromatic heterocycles. The zero-order chi connectivity index (χ0) is 15.3. The molecule has 112 valence electrons. The van der Waals surface area contributed by atoms with Gasteiger partial charge in [-0.15, -0.1) is 0 Å². The van der Waals surface area contributed by atoms with Crippen molar-refractivity contribution in [3.8, 4) is 11.5 Å². The van der Waals surface area contributed by atoms with E-state index in [4.69, 9.17) is 15.2 Å². The zero-order valence-corrected chi connectivity index (χ0v) is 11.0. The van der Waals surface area contributed by atoms with Gasteiger partial charge in [-0.2, -0.15) is 0 Å². The second kappa shape index (κ2) is 6.47. The first-order valence-corrected chi connectivity index (χ1v) is 5.62. The van der Waals surface area contributed by atoms with Gasteiger partial charge in [0.1, 0.15) is 5.82 Å². The van der Waals surface area contributed by atoms with E-state index in [0.717, 1.165) is 12.1 Å². The molecule has 0 bridgehead atoms. The van der Waals surface area contributed by atoms with Gasteiger partial charge in [-0.25, -0.2) is 13.2 Å². The number of carbonyl (C=O) groups excluding carboxylic acids is 1. The summed E-state index contributed by atoms with van der Waals surface area (Å²) in [4.78, 5) is 11.7. The molecule has 1 amide bonds. The molecule has 0 saturated heterocycles. The van der Waals surface area contributed by atoms with Crippen LogP contribution in [0.25, 0.3) is 0 Å². The number of hydrogen-bond acceptors (Lipinski definition) is 4. The van der Waals surface area contributed by atoms with Crippen LogP contribution in [0.15, 0.2) is 12.1 Å². The molecule has 0 unspecified atom stereocenters. The van der Waals surface area contributed by atoms with Crippen molar-refractivity contribution in [1.29, 1.82) is 0 Å². The van der Waals surface area contributed by atoms with E-state index < -0.39 is 36.3 Å². The molecule has 3 N–H and O–H groups in total. The van der Waals surface area contributed by atoms with Crippen LogP contribution in [0.5, 0.6) is 11.5 Å². The van der Waals surface area contributed by atoms with Crippen LogP contribution in [-0.2, 0) is 0 Å². The van der Waals surface area contributed by atoms with Crippen molar-refractivity contribution in [2.75, 3.05) is 27.3 Å². The summed E-state index contributed by atoms with van der Waals surface area (Å²) in [5.74, 6) is -4.94. The highest BCUT2D eigenvalue weighted by Gasteiger charge is 2.28. The first-order chi connectivity index (χ1) is 9.34. The van der Waals surface area contributed by atoms with Gasteiger partial charge in [-0.05, 0) is 6.07 Å². The maximum atomic E-state index is 13.7. The summed E-state index contributed by atoms with van der Waals surface area (Å²) in [5, 5.41) is 1.91. The number of alkyl halides is 2. The van der Waals surface area contributed by atoms with E-state index in [1.54, 1.807) is 0 Å². The number of nitrogens with one attached hydrogen (secondary N) is 1. The van der Waals surface area contributed by atoms with Gasteiger partial charge in [0, 0.05) is 6.07 Å². The van der Waals surface area contributed by atoms with Gasteiger partial charge in [0.05, 0.1) is 32.9 Å². The Bertz CT molecular complexity index is 495. The molecular weight excluding hydrogens is 277 g/mol. The number of halogens is 3. The molecule has 0 atom stereocenters.